The van der Waals surface area contributed by atoms with Crippen molar-refractivity contribution in [3.63, 3.8) is 0 Å². The smallest absolute Gasteiger partial charge is 0.407 e. The van der Waals surface area contributed by atoms with Gasteiger partial charge >= 0.3 is 6.09 Å². The molecule has 3 N–H and O–H groups in total. The van der Waals surface area contributed by atoms with Crippen molar-refractivity contribution in [2.75, 3.05) is 25.6 Å². The number of carbonyl (C=O) groups is 1. The van der Waals surface area contributed by atoms with Crippen LogP contribution in [-0.2, 0) is 4.74 Å². The number of rotatable bonds is 6. The van der Waals surface area contributed by atoms with E-state index in [0.717, 1.165) is 11.4 Å². The Morgan fingerprint density at radius 3 is 2.57 bits per heavy atom. The maximum Gasteiger partial charge on any atom is 0.407 e. The predicted molar refractivity (Wildman–Crippen MR) is 93.1 cm³/mol. The molecule has 0 aliphatic rings. The number of ether oxygens (including phenoxy) is 2. The molecule has 0 heterocycles. The summed E-state index contributed by atoms with van der Waals surface area (Å²) in [6, 6.07) is 7.47. The summed E-state index contributed by atoms with van der Waals surface area (Å²) in [5, 5.41) is 2.85. The molecule has 6 nitrogen and oxygen atoms in total. The molecule has 2 unspecified atom stereocenters. The number of nitrogens with zero attached hydrogens (tertiary/aromatic N) is 1. The first-order valence-electron chi connectivity index (χ1n) is 7.74. The van der Waals surface area contributed by atoms with Crippen LogP contribution in [0.4, 0.5) is 10.5 Å². The summed E-state index contributed by atoms with van der Waals surface area (Å²) >= 11 is 0. The van der Waals surface area contributed by atoms with Crippen LogP contribution < -0.4 is 20.7 Å². The van der Waals surface area contributed by atoms with Gasteiger partial charge in [-0.25, -0.2) is 4.79 Å². The van der Waals surface area contributed by atoms with E-state index < -0.39 is 11.7 Å². The molecule has 0 radical (unpaired) electrons. The van der Waals surface area contributed by atoms with Gasteiger partial charge in [0.05, 0.1) is 19.2 Å². The number of alkyl carbamates (subject to hydrolysis) is 1. The van der Waals surface area contributed by atoms with Crippen LogP contribution in [0, 0.1) is 0 Å². The number of hydrogen-bond acceptors (Lipinski definition) is 5. The summed E-state index contributed by atoms with van der Waals surface area (Å²) in [5.41, 5.74) is 6.36. The van der Waals surface area contributed by atoms with Crippen LogP contribution in [0.25, 0.3) is 0 Å². The molecule has 0 aliphatic heterocycles. The largest absolute Gasteiger partial charge is 0.497 e. The van der Waals surface area contributed by atoms with E-state index in [-0.39, 0.29) is 12.1 Å². The van der Waals surface area contributed by atoms with Gasteiger partial charge < -0.3 is 25.4 Å². The Balaban J connectivity index is 2.79. The summed E-state index contributed by atoms with van der Waals surface area (Å²) in [6.07, 6.45) is -0.442. The Morgan fingerprint density at radius 2 is 2.04 bits per heavy atom. The van der Waals surface area contributed by atoms with Crippen molar-refractivity contribution >= 4 is 11.8 Å². The standard InChI is InChI=1S/C17H29N3O3/c1-12(19-16(21)23-17(2,3)4)15(11-18)20(5)13-8-7-9-14(10-13)22-6/h7-10,12,15H,11,18H2,1-6H3,(H,19,21). The Kier molecular flexibility index (Phi) is 6.69. The molecule has 2 atom stereocenters. The minimum atomic E-state index is -0.527. The first-order valence-corrected chi connectivity index (χ1v) is 7.74. The quantitative estimate of drug-likeness (QED) is 0.840. The average molecular weight is 323 g/mol. The fourth-order valence-corrected chi connectivity index (χ4v) is 2.31. The van der Waals surface area contributed by atoms with E-state index in [1.54, 1.807) is 7.11 Å². The number of nitrogens with one attached hydrogen (secondary N) is 1. The van der Waals surface area contributed by atoms with Gasteiger partial charge in [-0.1, -0.05) is 6.07 Å². The Morgan fingerprint density at radius 1 is 1.39 bits per heavy atom. The highest BCUT2D eigenvalue weighted by atomic mass is 16.6. The molecule has 1 amide bonds. The molecular formula is C17H29N3O3. The maximum absolute atomic E-state index is 11.9. The molecule has 1 rings (SSSR count). The number of anilines is 1. The highest BCUT2D eigenvalue weighted by Crippen LogP contribution is 2.22. The third-order valence-corrected chi connectivity index (χ3v) is 3.52. The molecular weight excluding hydrogens is 294 g/mol. The van der Waals surface area contributed by atoms with Crippen molar-refractivity contribution in [3.05, 3.63) is 24.3 Å². The van der Waals surface area contributed by atoms with E-state index in [0.29, 0.717) is 6.54 Å². The van der Waals surface area contributed by atoms with Crippen LogP contribution in [0.2, 0.25) is 0 Å². The summed E-state index contributed by atoms with van der Waals surface area (Å²) < 4.78 is 10.5. The molecule has 130 valence electrons. The van der Waals surface area contributed by atoms with Crippen molar-refractivity contribution < 1.29 is 14.3 Å². The topological polar surface area (TPSA) is 76.8 Å². The van der Waals surface area contributed by atoms with Crippen LogP contribution in [0.15, 0.2) is 24.3 Å². The molecule has 1 aromatic carbocycles. The average Bonchev–Trinajstić information content (AvgIpc) is 2.45. The lowest BCUT2D eigenvalue weighted by Crippen LogP contribution is -2.53. The highest BCUT2D eigenvalue weighted by molar-refractivity contribution is 5.68. The fourth-order valence-electron chi connectivity index (χ4n) is 2.31. The van der Waals surface area contributed by atoms with Crippen LogP contribution in [-0.4, -0.2) is 44.5 Å². The molecule has 0 aromatic heterocycles. The molecule has 0 spiro atoms. The first-order chi connectivity index (χ1) is 10.7. The van der Waals surface area contributed by atoms with E-state index in [1.165, 1.54) is 0 Å². The zero-order valence-electron chi connectivity index (χ0n) is 14.9. The van der Waals surface area contributed by atoms with Gasteiger partial charge in [0.15, 0.2) is 0 Å². The zero-order valence-corrected chi connectivity index (χ0v) is 14.9. The number of amides is 1. The summed E-state index contributed by atoms with van der Waals surface area (Å²) in [6.45, 7) is 7.81. The monoisotopic (exact) mass is 323 g/mol. The van der Waals surface area contributed by atoms with Gasteiger partial charge in [-0.15, -0.1) is 0 Å². The number of methoxy groups -OCH3 is 1. The second kappa shape index (κ2) is 8.06. The minimum Gasteiger partial charge on any atom is -0.497 e. The lowest BCUT2D eigenvalue weighted by molar-refractivity contribution is 0.0502. The second-order valence-corrected chi connectivity index (χ2v) is 6.55. The Bertz CT molecular complexity index is 514. The van der Waals surface area contributed by atoms with Crippen LogP contribution in [0.5, 0.6) is 5.75 Å². The van der Waals surface area contributed by atoms with Gasteiger partial charge in [0.1, 0.15) is 11.4 Å². The van der Waals surface area contributed by atoms with E-state index in [4.69, 9.17) is 15.2 Å². The third kappa shape index (κ3) is 5.98. The van der Waals surface area contributed by atoms with Crippen LogP contribution >= 0.6 is 0 Å². The summed E-state index contributed by atoms with van der Waals surface area (Å²) in [7, 11) is 3.58. The molecule has 0 aliphatic carbocycles. The molecule has 0 saturated carbocycles. The summed E-state index contributed by atoms with van der Waals surface area (Å²) in [5.74, 6) is 0.776. The second-order valence-electron chi connectivity index (χ2n) is 6.55. The van der Waals surface area contributed by atoms with Gasteiger partial charge in [-0.2, -0.15) is 0 Å². The van der Waals surface area contributed by atoms with E-state index in [2.05, 4.69) is 5.32 Å². The van der Waals surface area contributed by atoms with E-state index in [1.807, 2.05) is 63.9 Å². The molecule has 23 heavy (non-hydrogen) atoms. The number of carbonyl (C=O) groups excluding carboxylic acids is 1. The van der Waals surface area contributed by atoms with Gasteiger partial charge in [0.25, 0.3) is 0 Å². The fraction of sp³-hybridized carbons (Fsp3) is 0.588. The predicted octanol–water partition coefficient (Wildman–Crippen LogP) is 2.37. The van der Waals surface area contributed by atoms with Gasteiger partial charge in [0.2, 0.25) is 0 Å². The van der Waals surface area contributed by atoms with Crippen molar-refractivity contribution in [2.45, 2.75) is 45.4 Å². The van der Waals surface area contributed by atoms with Gasteiger partial charge in [-0.05, 0) is 39.8 Å². The molecule has 0 fully saturated rings. The minimum absolute atomic E-state index is 0.0744. The molecule has 0 saturated heterocycles. The lowest BCUT2D eigenvalue weighted by atomic mass is 10.1. The van der Waals surface area contributed by atoms with Gasteiger partial charge in [0, 0.05) is 25.3 Å². The Labute approximate surface area is 138 Å². The van der Waals surface area contributed by atoms with Crippen molar-refractivity contribution in [3.8, 4) is 5.75 Å². The van der Waals surface area contributed by atoms with E-state index in [9.17, 15) is 4.79 Å². The van der Waals surface area contributed by atoms with Gasteiger partial charge in [-0.3, -0.25) is 0 Å². The van der Waals surface area contributed by atoms with Crippen LogP contribution in [0.1, 0.15) is 27.7 Å². The third-order valence-electron chi connectivity index (χ3n) is 3.52. The number of benzene rings is 1. The van der Waals surface area contributed by atoms with Crippen molar-refractivity contribution in [2.24, 2.45) is 5.73 Å². The summed E-state index contributed by atoms with van der Waals surface area (Å²) in [4.78, 5) is 14.0. The zero-order chi connectivity index (χ0) is 17.6. The Hall–Kier alpha value is -1.95. The number of hydrogen-bond donors (Lipinski definition) is 2. The van der Waals surface area contributed by atoms with Crippen molar-refractivity contribution in [1.82, 2.24) is 5.32 Å². The molecule has 0 bridgehead atoms. The molecule has 1 aromatic rings. The molecule has 6 heteroatoms. The first kappa shape index (κ1) is 19.1. The number of likely N-dealkylation sites (N-methyl/N-ethyl adjacent to an activating group) is 1. The lowest BCUT2D eigenvalue weighted by Gasteiger charge is -2.34. The van der Waals surface area contributed by atoms with E-state index >= 15 is 0 Å². The van der Waals surface area contributed by atoms with Crippen molar-refractivity contribution in [1.29, 1.82) is 0 Å². The SMILES string of the molecule is COc1cccc(N(C)C(CN)C(C)NC(=O)OC(C)(C)C)c1. The highest BCUT2D eigenvalue weighted by Gasteiger charge is 2.25. The normalized spacial score (nSPS) is 13.9. The van der Waals surface area contributed by atoms with Crippen LogP contribution in [0.3, 0.4) is 0 Å². The maximum atomic E-state index is 11.9. The number of nitrogens with two attached hydrogens (primary N) is 1.